The fourth-order valence-electron chi connectivity index (χ4n) is 5.43. The molecule has 6 rings (SSSR count). The van der Waals surface area contributed by atoms with Crippen LogP contribution in [0.25, 0.3) is 0 Å². The van der Waals surface area contributed by atoms with Gasteiger partial charge >= 0.3 is 0 Å². The van der Waals surface area contributed by atoms with E-state index in [-0.39, 0.29) is 11.9 Å². The molecule has 0 bridgehead atoms. The highest BCUT2D eigenvalue weighted by Gasteiger charge is 2.21. The van der Waals surface area contributed by atoms with E-state index in [1.807, 2.05) is 84.9 Å². The van der Waals surface area contributed by atoms with Crippen LogP contribution in [0.4, 0.5) is 11.5 Å². The highest BCUT2D eigenvalue weighted by Crippen LogP contribution is 2.29. The topological polar surface area (TPSA) is 61.4 Å². The number of aromatic nitrogens is 2. The molecule has 1 aliphatic heterocycles. The maximum atomic E-state index is 13.3. The van der Waals surface area contributed by atoms with Crippen molar-refractivity contribution in [2.75, 3.05) is 36.0 Å². The Kier molecular flexibility index (Phi) is 10.2. The lowest BCUT2D eigenvalue weighted by Gasteiger charge is -2.37. The van der Waals surface area contributed by atoms with E-state index in [0.717, 1.165) is 53.8 Å². The number of anilines is 2. The van der Waals surface area contributed by atoms with Gasteiger partial charge in [0.05, 0.1) is 16.8 Å². The molecule has 0 saturated carbocycles. The van der Waals surface area contributed by atoms with Gasteiger partial charge in [0.25, 0.3) is 5.91 Å². The van der Waals surface area contributed by atoms with Crippen LogP contribution >= 0.6 is 35.0 Å². The first-order chi connectivity index (χ1) is 22.0. The minimum absolute atomic E-state index is 0.101. The first kappa shape index (κ1) is 31.0. The molecule has 0 aliphatic carbocycles. The Morgan fingerprint density at radius 1 is 0.756 bits per heavy atom. The Labute approximate surface area is 278 Å². The number of nitrogens with one attached hydrogen (secondary N) is 1. The molecule has 0 radical (unpaired) electrons. The fourth-order valence-corrected chi connectivity index (χ4v) is 6.72. The molecule has 0 spiro atoms. The average Bonchev–Trinajstić information content (AvgIpc) is 3.08. The average molecular weight is 655 g/mol. The van der Waals surface area contributed by atoms with Gasteiger partial charge in [-0.25, -0.2) is 9.97 Å². The van der Waals surface area contributed by atoms with E-state index in [4.69, 9.17) is 28.2 Å². The van der Waals surface area contributed by atoms with Gasteiger partial charge in [0.1, 0.15) is 11.0 Å². The van der Waals surface area contributed by atoms with Crippen molar-refractivity contribution in [2.45, 2.75) is 23.4 Å². The largest absolute Gasteiger partial charge is 0.367 e. The minimum Gasteiger partial charge on any atom is -0.367 e. The van der Waals surface area contributed by atoms with Crippen LogP contribution in [0, 0.1) is 0 Å². The molecule has 1 atom stereocenters. The first-order valence-corrected chi connectivity index (χ1v) is 16.7. The normalized spacial score (nSPS) is 13.8. The van der Waals surface area contributed by atoms with E-state index < -0.39 is 0 Å². The molecule has 5 aromatic rings. The standard InChI is InChI=1S/C36H33Cl2N5OS/c37-30-13-7-8-14-32(30)42-19-21-43(22-20-42)34-24-33(38)40-36(41-34)45-25-27-15-17-29(18-16-27)35(44)39-31(28-11-5-2-6-12-28)23-26-9-3-1-4-10-26/h1-18,24,31H,19-23,25H2,(H,39,44). The molecule has 45 heavy (non-hydrogen) atoms. The van der Waals surface area contributed by atoms with Gasteiger partial charge in [-0.15, -0.1) is 0 Å². The molecule has 228 valence electrons. The van der Waals surface area contributed by atoms with E-state index in [1.165, 1.54) is 17.3 Å². The van der Waals surface area contributed by atoms with Crippen LogP contribution in [0.5, 0.6) is 0 Å². The lowest BCUT2D eigenvalue weighted by molar-refractivity contribution is 0.0936. The van der Waals surface area contributed by atoms with Crippen LogP contribution in [-0.2, 0) is 12.2 Å². The number of halogens is 2. The van der Waals surface area contributed by atoms with Crippen molar-refractivity contribution in [2.24, 2.45) is 0 Å². The van der Waals surface area contributed by atoms with Crippen molar-refractivity contribution in [3.05, 3.63) is 148 Å². The lowest BCUT2D eigenvalue weighted by Crippen LogP contribution is -2.47. The predicted octanol–water partition coefficient (Wildman–Crippen LogP) is 8.12. The monoisotopic (exact) mass is 653 g/mol. The van der Waals surface area contributed by atoms with Crippen molar-refractivity contribution >= 4 is 52.4 Å². The molecule has 1 fully saturated rings. The molecule has 9 heteroatoms. The summed E-state index contributed by atoms with van der Waals surface area (Å²) in [5.74, 6) is 1.38. The Hall–Kier alpha value is -4.04. The SMILES string of the molecule is O=C(NC(Cc1ccccc1)c1ccccc1)c1ccc(CSc2nc(Cl)cc(N3CCN(c4ccccc4Cl)CC3)n2)cc1. The first-order valence-electron chi connectivity index (χ1n) is 14.9. The van der Waals surface area contributed by atoms with Gasteiger partial charge in [-0.1, -0.05) is 120 Å². The second-order valence-corrected chi connectivity index (χ2v) is 12.6. The third-order valence-electron chi connectivity index (χ3n) is 7.83. The van der Waals surface area contributed by atoms with Crippen LogP contribution in [-0.4, -0.2) is 42.1 Å². The summed E-state index contributed by atoms with van der Waals surface area (Å²) in [6.07, 6.45) is 0.712. The Morgan fingerprint density at radius 2 is 1.40 bits per heavy atom. The summed E-state index contributed by atoms with van der Waals surface area (Å²) in [5, 5.41) is 5.05. The molecular weight excluding hydrogens is 621 g/mol. The number of rotatable bonds is 10. The number of carbonyl (C=O) groups is 1. The number of nitrogens with zero attached hydrogens (tertiary/aromatic N) is 4. The summed E-state index contributed by atoms with van der Waals surface area (Å²) in [5.41, 5.74) is 4.99. The Morgan fingerprint density at radius 3 is 2.11 bits per heavy atom. The van der Waals surface area contributed by atoms with Gasteiger partial charge in [0, 0.05) is 43.6 Å². The summed E-state index contributed by atoms with van der Waals surface area (Å²) in [4.78, 5) is 27.1. The number of hydrogen-bond donors (Lipinski definition) is 1. The van der Waals surface area contributed by atoms with Gasteiger partial charge in [-0.2, -0.15) is 0 Å². The zero-order valence-corrected chi connectivity index (χ0v) is 27.0. The summed E-state index contributed by atoms with van der Waals surface area (Å²) in [6.45, 7) is 3.30. The molecule has 1 N–H and O–H groups in total. The van der Waals surface area contributed by atoms with Gasteiger partial charge in [0.15, 0.2) is 5.16 Å². The number of benzene rings is 4. The summed E-state index contributed by atoms with van der Waals surface area (Å²) in [6, 6.07) is 37.7. The number of para-hydroxylation sites is 1. The molecular formula is C36H33Cl2N5OS. The fraction of sp³-hybridized carbons (Fsp3) is 0.194. The zero-order valence-electron chi connectivity index (χ0n) is 24.7. The third kappa shape index (κ3) is 8.17. The van der Waals surface area contributed by atoms with Crippen LogP contribution in [0.15, 0.2) is 120 Å². The summed E-state index contributed by atoms with van der Waals surface area (Å²) in [7, 11) is 0. The molecule has 1 unspecified atom stereocenters. The van der Waals surface area contributed by atoms with E-state index in [0.29, 0.717) is 28.0 Å². The zero-order chi connectivity index (χ0) is 31.0. The van der Waals surface area contributed by atoms with Crippen LogP contribution in [0.3, 0.4) is 0 Å². The second kappa shape index (κ2) is 14.8. The summed E-state index contributed by atoms with van der Waals surface area (Å²) >= 11 is 14.4. The molecule has 1 amide bonds. The van der Waals surface area contributed by atoms with Crippen molar-refractivity contribution in [1.82, 2.24) is 15.3 Å². The molecule has 1 aromatic heterocycles. The molecule has 6 nitrogen and oxygen atoms in total. The highest BCUT2D eigenvalue weighted by molar-refractivity contribution is 7.98. The predicted molar refractivity (Wildman–Crippen MR) is 186 cm³/mol. The van der Waals surface area contributed by atoms with Gasteiger partial charge in [-0.3, -0.25) is 4.79 Å². The molecule has 1 saturated heterocycles. The van der Waals surface area contributed by atoms with E-state index >= 15 is 0 Å². The lowest BCUT2D eigenvalue weighted by atomic mass is 9.98. The van der Waals surface area contributed by atoms with Gasteiger partial charge in [-0.05, 0) is 47.4 Å². The maximum absolute atomic E-state index is 13.3. The van der Waals surface area contributed by atoms with Crippen LogP contribution < -0.4 is 15.1 Å². The Bertz CT molecular complexity index is 1720. The quantitative estimate of drug-likeness (QED) is 0.0933. The van der Waals surface area contributed by atoms with Crippen molar-refractivity contribution in [1.29, 1.82) is 0 Å². The highest BCUT2D eigenvalue weighted by atomic mass is 35.5. The van der Waals surface area contributed by atoms with E-state index in [9.17, 15) is 4.79 Å². The molecule has 4 aromatic carbocycles. The number of piperazine rings is 1. The number of hydrogen-bond acceptors (Lipinski definition) is 6. The number of thioether (sulfide) groups is 1. The third-order valence-corrected chi connectivity index (χ3v) is 9.26. The van der Waals surface area contributed by atoms with Crippen molar-refractivity contribution in [3.63, 3.8) is 0 Å². The number of carbonyl (C=O) groups excluding carboxylic acids is 1. The van der Waals surface area contributed by atoms with Crippen molar-refractivity contribution in [3.8, 4) is 0 Å². The smallest absolute Gasteiger partial charge is 0.251 e. The van der Waals surface area contributed by atoms with Gasteiger partial charge < -0.3 is 15.1 Å². The Balaban J connectivity index is 1.06. The van der Waals surface area contributed by atoms with Gasteiger partial charge in [0.2, 0.25) is 0 Å². The molecule has 1 aliphatic rings. The minimum atomic E-state index is -0.135. The summed E-state index contributed by atoms with van der Waals surface area (Å²) < 4.78 is 0. The van der Waals surface area contributed by atoms with Crippen LogP contribution in [0.1, 0.15) is 33.1 Å². The maximum Gasteiger partial charge on any atom is 0.251 e. The van der Waals surface area contributed by atoms with Crippen molar-refractivity contribution < 1.29 is 4.79 Å². The second-order valence-electron chi connectivity index (χ2n) is 10.9. The molecule has 2 heterocycles. The van der Waals surface area contributed by atoms with E-state index in [2.05, 4.69) is 50.4 Å². The number of amides is 1. The van der Waals surface area contributed by atoms with Crippen LogP contribution in [0.2, 0.25) is 10.2 Å². The van der Waals surface area contributed by atoms with E-state index in [1.54, 1.807) is 0 Å².